The predicted octanol–water partition coefficient (Wildman–Crippen LogP) is 7.88. The van der Waals surface area contributed by atoms with Crippen LogP contribution in [0.2, 0.25) is 0 Å². The zero-order valence-electron chi connectivity index (χ0n) is 25.5. The molecule has 0 aliphatic rings. The molecule has 1 aromatic heterocycles. The normalized spacial score (nSPS) is 12.7. The second-order valence-electron chi connectivity index (χ2n) is 11.2. The van der Waals surface area contributed by atoms with Crippen LogP contribution in [0.25, 0.3) is 32.9 Å². The van der Waals surface area contributed by atoms with Crippen LogP contribution in [0.4, 0.5) is 13.2 Å². The number of aromatic nitrogens is 1. The lowest BCUT2D eigenvalue weighted by atomic mass is 9.86. The van der Waals surface area contributed by atoms with Gasteiger partial charge in [0.2, 0.25) is 5.91 Å². The van der Waals surface area contributed by atoms with Gasteiger partial charge in [0.15, 0.2) is 9.84 Å². The third kappa shape index (κ3) is 6.47. The number of para-hydroxylation sites is 1. The summed E-state index contributed by atoms with van der Waals surface area (Å²) in [5.41, 5.74) is 8.69. The van der Waals surface area contributed by atoms with Gasteiger partial charge in [-0.3, -0.25) is 4.79 Å². The number of aliphatic hydroxyl groups excluding tert-OH is 1. The molecular weight excluding hydrogens is 641 g/mol. The van der Waals surface area contributed by atoms with Crippen LogP contribution < -0.4 is 10.5 Å². The van der Waals surface area contributed by atoms with Gasteiger partial charge >= 0.3 is 6.18 Å². The van der Waals surface area contributed by atoms with Crippen molar-refractivity contribution < 1.29 is 36.2 Å². The first kappa shape index (κ1) is 32.7. The Balaban J connectivity index is 1.50. The molecule has 3 N–H and O–H groups in total. The summed E-state index contributed by atoms with van der Waals surface area (Å²) in [6, 6.07) is 28.4. The second kappa shape index (κ2) is 12.7. The first-order chi connectivity index (χ1) is 22.9. The van der Waals surface area contributed by atoms with Gasteiger partial charge in [-0.25, -0.2) is 13.4 Å². The van der Waals surface area contributed by atoms with Gasteiger partial charge in [0.25, 0.3) is 0 Å². The van der Waals surface area contributed by atoms with Crippen molar-refractivity contribution in [2.45, 2.75) is 23.9 Å². The molecular formula is C37H29F3N2O5S. The SMILES string of the molecule is CCS(=O)(=O)c1ccc(C(CO)c2cc(-c3cc(Oc4ccc(C(F)(F)F)cc4)cc4nc5ccccc5cc34)ccc2C(N)=O)cc1. The molecule has 1 unspecified atom stereocenters. The maximum Gasteiger partial charge on any atom is 0.416 e. The van der Waals surface area contributed by atoms with Crippen LogP contribution in [-0.4, -0.2) is 36.8 Å². The highest BCUT2D eigenvalue weighted by Gasteiger charge is 2.30. The maximum atomic E-state index is 13.2. The van der Waals surface area contributed by atoms with E-state index in [9.17, 15) is 31.5 Å². The first-order valence-corrected chi connectivity index (χ1v) is 16.6. The van der Waals surface area contributed by atoms with Gasteiger partial charge in [0.1, 0.15) is 11.5 Å². The number of fused-ring (bicyclic) bond motifs is 2. The predicted molar refractivity (Wildman–Crippen MR) is 178 cm³/mol. The summed E-state index contributed by atoms with van der Waals surface area (Å²) < 4.78 is 70.3. The molecule has 1 atom stereocenters. The van der Waals surface area contributed by atoms with E-state index in [0.29, 0.717) is 33.5 Å². The summed E-state index contributed by atoms with van der Waals surface area (Å²) in [4.78, 5) is 17.6. The average Bonchev–Trinajstić information content (AvgIpc) is 3.07. The number of nitrogens with zero attached hydrogens (tertiary/aromatic N) is 1. The minimum absolute atomic E-state index is 0.0661. The number of sulfone groups is 1. The fourth-order valence-corrected chi connectivity index (χ4v) is 6.58. The summed E-state index contributed by atoms with van der Waals surface area (Å²) in [5.74, 6) is -1.01. The molecule has 0 aliphatic carbocycles. The molecule has 0 bridgehead atoms. The van der Waals surface area contributed by atoms with Crippen molar-refractivity contribution in [3.05, 3.63) is 131 Å². The van der Waals surface area contributed by atoms with E-state index in [-0.39, 0.29) is 22.0 Å². The number of primary amides is 1. The van der Waals surface area contributed by atoms with Crippen LogP contribution in [0.15, 0.2) is 114 Å². The van der Waals surface area contributed by atoms with Crippen molar-refractivity contribution in [2.75, 3.05) is 12.4 Å². The largest absolute Gasteiger partial charge is 0.457 e. The van der Waals surface area contributed by atoms with Crippen LogP contribution in [0.5, 0.6) is 11.5 Å². The lowest BCUT2D eigenvalue weighted by Crippen LogP contribution is -2.18. The molecule has 0 spiro atoms. The number of carbonyl (C=O) groups excluding carboxylic acids is 1. The Morgan fingerprint density at radius 3 is 2.23 bits per heavy atom. The molecule has 1 heterocycles. The van der Waals surface area contributed by atoms with Gasteiger partial charge in [-0.1, -0.05) is 43.3 Å². The number of hydrogen-bond acceptors (Lipinski definition) is 6. The molecule has 5 aromatic carbocycles. The third-order valence-electron chi connectivity index (χ3n) is 8.23. The number of benzene rings is 5. The zero-order valence-corrected chi connectivity index (χ0v) is 26.3. The Bertz CT molecular complexity index is 2270. The fraction of sp³-hybridized carbons (Fsp3) is 0.135. The molecule has 1 amide bonds. The third-order valence-corrected chi connectivity index (χ3v) is 9.98. The van der Waals surface area contributed by atoms with Crippen LogP contribution in [0.1, 0.15) is 39.9 Å². The van der Waals surface area contributed by atoms with E-state index >= 15 is 0 Å². The second-order valence-corrected chi connectivity index (χ2v) is 13.5. The number of pyridine rings is 1. The van der Waals surface area contributed by atoms with Gasteiger partial charge in [-0.2, -0.15) is 13.2 Å². The van der Waals surface area contributed by atoms with Gasteiger partial charge in [0, 0.05) is 28.3 Å². The van der Waals surface area contributed by atoms with Gasteiger partial charge in [-0.15, -0.1) is 0 Å². The number of halogens is 3. The highest BCUT2D eigenvalue weighted by atomic mass is 32.2. The molecule has 244 valence electrons. The van der Waals surface area contributed by atoms with E-state index in [0.717, 1.165) is 28.4 Å². The number of carbonyl (C=O) groups is 1. The summed E-state index contributed by atoms with van der Waals surface area (Å²) in [5, 5.41) is 12.2. The van der Waals surface area contributed by atoms with Crippen LogP contribution >= 0.6 is 0 Å². The number of hydrogen-bond donors (Lipinski definition) is 2. The molecule has 0 aliphatic heterocycles. The molecule has 7 nitrogen and oxygen atoms in total. The quantitative estimate of drug-likeness (QED) is 0.151. The fourth-order valence-electron chi connectivity index (χ4n) is 5.70. The van der Waals surface area contributed by atoms with E-state index in [1.807, 2.05) is 30.3 Å². The Morgan fingerprint density at radius 2 is 1.58 bits per heavy atom. The van der Waals surface area contributed by atoms with Crippen LogP contribution in [-0.2, 0) is 16.0 Å². The average molecular weight is 671 g/mol. The van der Waals surface area contributed by atoms with Crippen molar-refractivity contribution in [1.82, 2.24) is 4.98 Å². The smallest absolute Gasteiger partial charge is 0.416 e. The minimum Gasteiger partial charge on any atom is -0.457 e. The van der Waals surface area contributed by atoms with Gasteiger partial charge < -0.3 is 15.6 Å². The number of nitrogens with two attached hydrogens (primary N) is 1. The van der Waals surface area contributed by atoms with E-state index in [4.69, 9.17) is 15.5 Å². The zero-order chi connectivity index (χ0) is 34.2. The standard InChI is InChI=1S/C37H29F3N2O5S/c1-2-48(45,46)28-14-7-22(8-15-28)33(21-43)31-17-23(9-16-29(31)36(41)44)30-19-27(47-26-12-10-25(11-13-26)37(38,39)40)20-35-32(30)18-24-5-3-4-6-34(24)42-35/h3-20,33,43H,2,21H2,1H3,(H2,41,44). The van der Waals surface area contributed by atoms with Crippen molar-refractivity contribution in [3.63, 3.8) is 0 Å². The number of ether oxygens (including phenoxy) is 1. The number of amides is 1. The minimum atomic E-state index is -4.49. The van der Waals surface area contributed by atoms with E-state index < -0.39 is 40.0 Å². The topological polar surface area (TPSA) is 120 Å². The maximum absolute atomic E-state index is 13.2. The first-order valence-electron chi connectivity index (χ1n) is 14.9. The summed E-state index contributed by atoms with van der Waals surface area (Å²) in [6.07, 6.45) is -4.49. The lowest BCUT2D eigenvalue weighted by molar-refractivity contribution is -0.137. The van der Waals surface area contributed by atoms with Crippen LogP contribution in [0, 0.1) is 0 Å². The van der Waals surface area contributed by atoms with Crippen molar-refractivity contribution in [1.29, 1.82) is 0 Å². The van der Waals surface area contributed by atoms with Crippen LogP contribution in [0.3, 0.4) is 0 Å². The number of rotatable bonds is 9. The highest BCUT2D eigenvalue weighted by molar-refractivity contribution is 7.91. The molecule has 6 aromatic rings. The van der Waals surface area contributed by atoms with E-state index in [2.05, 4.69) is 0 Å². The highest BCUT2D eigenvalue weighted by Crippen LogP contribution is 2.39. The number of aliphatic hydroxyl groups is 1. The number of alkyl halides is 3. The Hall–Kier alpha value is -5.26. The molecule has 0 fully saturated rings. The Labute approximate surface area is 274 Å². The van der Waals surface area contributed by atoms with E-state index in [1.54, 1.807) is 49.4 Å². The monoisotopic (exact) mass is 670 g/mol. The Morgan fingerprint density at radius 1 is 0.875 bits per heavy atom. The van der Waals surface area contributed by atoms with Crippen molar-refractivity contribution in [3.8, 4) is 22.6 Å². The van der Waals surface area contributed by atoms with Gasteiger partial charge in [0.05, 0.1) is 33.9 Å². The molecule has 0 saturated heterocycles. The molecule has 6 rings (SSSR count). The summed E-state index contributed by atoms with van der Waals surface area (Å²) >= 11 is 0. The lowest BCUT2D eigenvalue weighted by Gasteiger charge is -2.20. The molecule has 0 saturated carbocycles. The van der Waals surface area contributed by atoms with Crippen molar-refractivity contribution in [2.24, 2.45) is 5.73 Å². The Kier molecular flexibility index (Phi) is 8.67. The van der Waals surface area contributed by atoms with Gasteiger partial charge in [-0.05, 0) is 89.0 Å². The van der Waals surface area contributed by atoms with E-state index in [1.165, 1.54) is 24.3 Å². The summed E-state index contributed by atoms with van der Waals surface area (Å²) in [7, 11) is -3.45. The molecule has 48 heavy (non-hydrogen) atoms. The molecule has 0 radical (unpaired) electrons. The van der Waals surface area contributed by atoms with Crippen molar-refractivity contribution >= 4 is 37.6 Å². The summed E-state index contributed by atoms with van der Waals surface area (Å²) in [6.45, 7) is 1.14. The molecule has 11 heteroatoms.